The molecule has 2 N–H and O–H groups in total. The molecule has 2 unspecified atom stereocenters. The molecule has 5 rings (SSSR count). The Kier molecular flexibility index (Phi) is 4.58. The fourth-order valence-corrected chi connectivity index (χ4v) is 5.18. The number of anilines is 2. The standard InChI is InChI=1S/C20H21N5O4S/c1-11(26)22-15-6-5-14(18-21-7-8-30-18)17-16(15)23-19(29-17)24-9-12-3-2-4-13(10-24)25(12)20(27)28/h5-8,12-13H,2-4,9-10H2,1H3,(H,22,26)(H,27,28). The van der Waals surface area contributed by atoms with Crippen LogP contribution >= 0.6 is 11.3 Å². The van der Waals surface area contributed by atoms with E-state index >= 15 is 0 Å². The molecule has 2 saturated heterocycles. The zero-order valence-corrected chi connectivity index (χ0v) is 17.2. The molecule has 9 nitrogen and oxygen atoms in total. The quantitative estimate of drug-likeness (QED) is 0.656. The highest BCUT2D eigenvalue weighted by Crippen LogP contribution is 2.38. The molecule has 3 aromatic rings. The van der Waals surface area contributed by atoms with Crippen LogP contribution in [0, 0.1) is 0 Å². The molecule has 0 radical (unpaired) electrons. The van der Waals surface area contributed by atoms with Crippen molar-refractivity contribution in [1.29, 1.82) is 0 Å². The third kappa shape index (κ3) is 3.17. The molecule has 2 amide bonds. The van der Waals surface area contributed by atoms with E-state index in [4.69, 9.17) is 9.40 Å². The first-order chi connectivity index (χ1) is 14.5. The first-order valence-electron chi connectivity index (χ1n) is 9.88. The number of aromatic nitrogens is 2. The Balaban J connectivity index is 1.56. The van der Waals surface area contributed by atoms with Gasteiger partial charge in [-0.15, -0.1) is 11.3 Å². The van der Waals surface area contributed by atoms with E-state index in [1.807, 2.05) is 22.4 Å². The van der Waals surface area contributed by atoms with Gasteiger partial charge in [-0.05, 0) is 31.4 Å². The number of thiazole rings is 1. The summed E-state index contributed by atoms with van der Waals surface area (Å²) in [6.07, 6.45) is 3.57. The average Bonchev–Trinajstić information content (AvgIpc) is 3.37. The molecule has 2 fully saturated rings. The minimum absolute atomic E-state index is 0.0711. The van der Waals surface area contributed by atoms with Crippen LogP contribution in [0.1, 0.15) is 26.2 Å². The number of carbonyl (C=O) groups excluding carboxylic acids is 1. The van der Waals surface area contributed by atoms with Gasteiger partial charge in [0.2, 0.25) is 5.91 Å². The van der Waals surface area contributed by atoms with E-state index in [0.29, 0.717) is 35.9 Å². The van der Waals surface area contributed by atoms with E-state index in [2.05, 4.69) is 10.3 Å². The number of oxazole rings is 1. The summed E-state index contributed by atoms with van der Waals surface area (Å²) in [5.74, 6) is -0.188. The third-order valence-electron chi connectivity index (χ3n) is 5.72. The lowest BCUT2D eigenvalue weighted by molar-refractivity contribution is -0.114. The van der Waals surface area contributed by atoms with Crippen molar-refractivity contribution >= 4 is 46.1 Å². The highest BCUT2D eigenvalue weighted by atomic mass is 32.1. The van der Waals surface area contributed by atoms with Gasteiger partial charge in [0.1, 0.15) is 10.5 Å². The molecular formula is C20H21N5O4S. The summed E-state index contributed by atoms with van der Waals surface area (Å²) in [5, 5.41) is 15.1. The molecule has 156 valence electrons. The first kappa shape index (κ1) is 18.9. The zero-order chi connectivity index (χ0) is 20.8. The van der Waals surface area contributed by atoms with Crippen molar-refractivity contribution in [2.75, 3.05) is 23.3 Å². The van der Waals surface area contributed by atoms with Crippen LogP contribution in [0.5, 0.6) is 0 Å². The second-order valence-corrected chi connectivity index (χ2v) is 8.58. The number of nitrogens with one attached hydrogen (secondary N) is 1. The molecule has 2 aliphatic rings. The second-order valence-electron chi connectivity index (χ2n) is 7.69. The fraction of sp³-hybridized carbons (Fsp3) is 0.400. The Morgan fingerprint density at radius 1 is 1.27 bits per heavy atom. The van der Waals surface area contributed by atoms with E-state index in [0.717, 1.165) is 29.8 Å². The summed E-state index contributed by atoms with van der Waals surface area (Å²) < 4.78 is 6.21. The average molecular weight is 427 g/mol. The lowest BCUT2D eigenvalue weighted by atomic mass is 9.92. The van der Waals surface area contributed by atoms with Gasteiger partial charge in [-0.25, -0.2) is 9.78 Å². The molecule has 10 heteroatoms. The maximum atomic E-state index is 11.7. The van der Waals surface area contributed by atoms with Crippen LogP contribution in [-0.4, -0.2) is 57.1 Å². The van der Waals surface area contributed by atoms with Gasteiger partial charge in [-0.3, -0.25) is 9.69 Å². The predicted molar refractivity (Wildman–Crippen MR) is 113 cm³/mol. The van der Waals surface area contributed by atoms with Crippen LogP contribution in [-0.2, 0) is 4.79 Å². The molecule has 0 spiro atoms. The summed E-state index contributed by atoms with van der Waals surface area (Å²) in [7, 11) is 0. The minimum atomic E-state index is -0.860. The monoisotopic (exact) mass is 427 g/mol. The topological polar surface area (TPSA) is 112 Å². The molecule has 2 atom stereocenters. The van der Waals surface area contributed by atoms with E-state index in [-0.39, 0.29) is 18.0 Å². The van der Waals surface area contributed by atoms with Gasteiger partial charge in [-0.2, -0.15) is 4.98 Å². The Labute approximate surface area is 176 Å². The van der Waals surface area contributed by atoms with Gasteiger partial charge < -0.3 is 19.7 Å². The summed E-state index contributed by atoms with van der Waals surface area (Å²) in [6, 6.07) is 3.99. The third-order valence-corrected chi connectivity index (χ3v) is 6.53. The van der Waals surface area contributed by atoms with Crippen molar-refractivity contribution in [3.05, 3.63) is 23.7 Å². The number of fused-ring (bicyclic) bond motifs is 3. The zero-order valence-electron chi connectivity index (χ0n) is 16.4. The normalized spacial score (nSPS) is 21.1. The van der Waals surface area contributed by atoms with Crippen LogP contribution in [0.2, 0.25) is 0 Å². The molecule has 1 aromatic carbocycles. The Bertz CT molecular complexity index is 1100. The lowest BCUT2D eigenvalue weighted by Crippen LogP contribution is -2.62. The van der Waals surface area contributed by atoms with Crippen LogP contribution in [0.3, 0.4) is 0 Å². The summed E-state index contributed by atoms with van der Waals surface area (Å²) in [5.41, 5.74) is 2.53. The maximum absolute atomic E-state index is 11.7. The van der Waals surface area contributed by atoms with Crippen molar-refractivity contribution in [2.24, 2.45) is 0 Å². The molecular weight excluding hydrogens is 406 g/mol. The summed E-state index contributed by atoms with van der Waals surface area (Å²) in [4.78, 5) is 36.1. The molecule has 2 aromatic heterocycles. The van der Waals surface area contributed by atoms with Crippen molar-refractivity contribution in [2.45, 2.75) is 38.3 Å². The number of piperazine rings is 1. The number of benzene rings is 1. The number of carbonyl (C=O) groups is 2. The Hall–Kier alpha value is -3.14. The predicted octanol–water partition coefficient (Wildman–Crippen LogP) is 3.63. The fourth-order valence-electron chi connectivity index (χ4n) is 4.52. The largest absolute Gasteiger partial charge is 0.465 e. The van der Waals surface area contributed by atoms with Crippen LogP contribution < -0.4 is 10.2 Å². The number of piperidine rings is 1. The summed E-state index contributed by atoms with van der Waals surface area (Å²) >= 11 is 1.50. The first-order valence-corrected chi connectivity index (χ1v) is 10.8. The highest BCUT2D eigenvalue weighted by Gasteiger charge is 2.41. The van der Waals surface area contributed by atoms with Crippen LogP contribution in [0.4, 0.5) is 16.5 Å². The Morgan fingerprint density at radius 3 is 2.67 bits per heavy atom. The molecule has 2 bridgehead atoms. The van der Waals surface area contributed by atoms with Crippen LogP contribution in [0.25, 0.3) is 21.7 Å². The SMILES string of the molecule is CC(=O)Nc1ccc(-c2nccs2)c2oc(N3CC4CCCC(C3)N4C(=O)O)nc12. The van der Waals surface area contributed by atoms with Gasteiger partial charge in [-0.1, -0.05) is 0 Å². The van der Waals surface area contributed by atoms with Crippen molar-refractivity contribution in [3.63, 3.8) is 0 Å². The highest BCUT2D eigenvalue weighted by molar-refractivity contribution is 7.13. The van der Waals surface area contributed by atoms with Gasteiger partial charge in [0.05, 0.1) is 23.3 Å². The van der Waals surface area contributed by atoms with E-state index in [1.165, 1.54) is 18.3 Å². The molecule has 0 saturated carbocycles. The van der Waals surface area contributed by atoms with Gasteiger partial charge in [0, 0.05) is 31.6 Å². The number of rotatable bonds is 3. The lowest BCUT2D eigenvalue weighted by Gasteiger charge is -2.48. The maximum Gasteiger partial charge on any atom is 0.407 e. The number of hydrogen-bond acceptors (Lipinski definition) is 7. The molecule has 4 heterocycles. The second kappa shape index (κ2) is 7.28. The van der Waals surface area contributed by atoms with Crippen molar-refractivity contribution < 1.29 is 19.1 Å². The smallest absolute Gasteiger partial charge is 0.407 e. The number of nitrogens with zero attached hydrogens (tertiary/aromatic N) is 4. The van der Waals surface area contributed by atoms with Gasteiger partial charge in [0.25, 0.3) is 6.01 Å². The molecule has 30 heavy (non-hydrogen) atoms. The minimum Gasteiger partial charge on any atom is -0.465 e. The Morgan fingerprint density at radius 2 is 2.03 bits per heavy atom. The van der Waals surface area contributed by atoms with E-state index < -0.39 is 6.09 Å². The van der Waals surface area contributed by atoms with Gasteiger partial charge in [0.15, 0.2) is 5.58 Å². The van der Waals surface area contributed by atoms with E-state index in [9.17, 15) is 14.7 Å². The van der Waals surface area contributed by atoms with Crippen molar-refractivity contribution in [1.82, 2.24) is 14.9 Å². The van der Waals surface area contributed by atoms with Crippen molar-refractivity contribution in [3.8, 4) is 10.6 Å². The summed E-state index contributed by atoms with van der Waals surface area (Å²) in [6.45, 7) is 2.53. The molecule has 2 aliphatic heterocycles. The van der Waals surface area contributed by atoms with E-state index in [1.54, 1.807) is 11.1 Å². The number of amides is 2. The number of carboxylic acid groups (broad SMARTS) is 1. The van der Waals surface area contributed by atoms with Gasteiger partial charge >= 0.3 is 6.09 Å². The number of hydrogen-bond donors (Lipinski definition) is 2. The molecule has 0 aliphatic carbocycles. The van der Waals surface area contributed by atoms with Crippen LogP contribution in [0.15, 0.2) is 28.1 Å².